The third-order valence-corrected chi connectivity index (χ3v) is 2.99. The molecular formula is C14H21F3N2O. The highest BCUT2D eigenvalue weighted by Gasteiger charge is 2.33. The van der Waals surface area contributed by atoms with Crippen LogP contribution in [0.5, 0.6) is 0 Å². The summed E-state index contributed by atoms with van der Waals surface area (Å²) < 4.78 is 39.1. The monoisotopic (exact) mass is 290 g/mol. The molecule has 0 aliphatic carbocycles. The van der Waals surface area contributed by atoms with Crippen LogP contribution in [-0.4, -0.2) is 17.7 Å². The van der Waals surface area contributed by atoms with Crippen LogP contribution in [0.2, 0.25) is 0 Å². The Kier molecular flexibility index (Phi) is 6.26. The van der Waals surface area contributed by atoms with E-state index in [-0.39, 0.29) is 6.54 Å². The number of nitrogens with one attached hydrogen (secondary N) is 1. The third kappa shape index (κ3) is 5.36. The molecule has 1 N–H and O–H groups in total. The van der Waals surface area contributed by atoms with Crippen LogP contribution in [0.1, 0.15) is 32.4 Å². The van der Waals surface area contributed by atoms with Gasteiger partial charge in [0.1, 0.15) is 5.69 Å². The molecular weight excluding hydrogens is 269 g/mol. The predicted octanol–water partition coefficient (Wildman–Crippen LogP) is 2.89. The van der Waals surface area contributed by atoms with Crippen LogP contribution >= 0.6 is 0 Å². The molecule has 0 unspecified atom stereocenters. The largest absolute Gasteiger partial charge is 0.431 e. The molecule has 0 saturated carbocycles. The molecule has 0 saturated heterocycles. The second kappa shape index (κ2) is 7.47. The van der Waals surface area contributed by atoms with Gasteiger partial charge in [-0.2, -0.15) is 13.2 Å². The lowest BCUT2D eigenvalue weighted by molar-refractivity contribution is -0.144. The van der Waals surface area contributed by atoms with Crippen molar-refractivity contribution in [2.45, 2.75) is 39.4 Å². The predicted molar refractivity (Wildman–Crippen MR) is 72.6 cm³/mol. The van der Waals surface area contributed by atoms with Gasteiger partial charge in [-0.25, -0.2) is 0 Å². The Bertz CT molecular complexity index is 466. The summed E-state index contributed by atoms with van der Waals surface area (Å²) >= 11 is 0. The number of hydrogen-bond donors (Lipinski definition) is 1. The third-order valence-electron chi connectivity index (χ3n) is 2.99. The van der Waals surface area contributed by atoms with Crippen LogP contribution < -0.4 is 10.9 Å². The van der Waals surface area contributed by atoms with E-state index in [4.69, 9.17) is 0 Å². The van der Waals surface area contributed by atoms with Gasteiger partial charge in [0.15, 0.2) is 0 Å². The van der Waals surface area contributed by atoms with E-state index in [9.17, 15) is 18.0 Å². The fourth-order valence-corrected chi connectivity index (χ4v) is 1.95. The van der Waals surface area contributed by atoms with E-state index in [1.807, 2.05) is 0 Å². The molecule has 0 aliphatic rings. The van der Waals surface area contributed by atoms with Crippen LogP contribution in [0.4, 0.5) is 13.2 Å². The molecule has 6 heteroatoms. The number of pyridine rings is 1. The van der Waals surface area contributed by atoms with Crippen molar-refractivity contribution < 1.29 is 13.2 Å². The van der Waals surface area contributed by atoms with Gasteiger partial charge >= 0.3 is 6.18 Å². The second-order valence-corrected chi connectivity index (χ2v) is 5.18. The van der Waals surface area contributed by atoms with Gasteiger partial charge < -0.3 is 9.88 Å². The Morgan fingerprint density at radius 1 is 1.25 bits per heavy atom. The van der Waals surface area contributed by atoms with Gasteiger partial charge in [0, 0.05) is 19.2 Å². The van der Waals surface area contributed by atoms with Crippen molar-refractivity contribution in [3.05, 3.63) is 34.2 Å². The Morgan fingerprint density at radius 2 is 1.95 bits per heavy atom. The highest BCUT2D eigenvalue weighted by atomic mass is 19.4. The Morgan fingerprint density at radius 3 is 2.55 bits per heavy atom. The summed E-state index contributed by atoms with van der Waals surface area (Å²) in [7, 11) is 0. The minimum Gasteiger partial charge on any atom is -0.315 e. The molecule has 1 aromatic heterocycles. The number of alkyl halides is 3. The van der Waals surface area contributed by atoms with Crippen molar-refractivity contribution >= 4 is 0 Å². The molecule has 0 radical (unpaired) electrons. The lowest BCUT2D eigenvalue weighted by atomic mass is 10.1. The van der Waals surface area contributed by atoms with E-state index < -0.39 is 17.4 Å². The van der Waals surface area contributed by atoms with Crippen LogP contribution in [-0.2, 0) is 12.7 Å². The quantitative estimate of drug-likeness (QED) is 0.783. The van der Waals surface area contributed by atoms with E-state index in [2.05, 4.69) is 19.2 Å². The summed E-state index contributed by atoms with van der Waals surface area (Å²) in [5.41, 5.74) is -1.52. The number of hydrogen-bond acceptors (Lipinski definition) is 2. The molecule has 114 valence electrons. The molecule has 0 fully saturated rings. The van der Waals surface area contributed by atoms with Crippen molar-refractivity contribution in [1.29, 1.82) is 0 Å². The molecule has 0 spiro atoms. The molecule has 3 nitrogen and oxygen atoms in total. The lowest BCUT2D eigenvalue weighted by Crippen LogP contribution is -2.31. The van der Waals surface area contributed by atoms with Gasteiger partial charge in [0.05, 0.1) is 0 Å². The first-order valence-corrected chi connectivity index (χ1v) is 6.80. The summed E-state index contributed by atoms with van der Waals surface area (Å²) in [5.74, 6) is 0.616. The molecule has 20 heavy (non-hydrogen) atoms. The van der Waals surface area contributed by atoms with Gasteiger partial charge in [-0.05, 0) is 31.4 Å². The minimum atomic E-state index is -4.50. The minimum absolute atomic E-state index is 0.0240. The number of aromatic nitrogens is 1. The van der Waals surface area contributed by atoms with Gasteiger partial charge in [-0.15, -0.1) is 0 Å². The summed E-state index contributed by atoms with van der Waals surface area (Å²) in [5, 5.41) is 3.07. The molecule has 1 aromatic rings. The normalized spacial score (nSPS) is 12.1. The first-order valence-electron chi connectivity index (χ1n) is 6.80. The first kappa shape index (κ1) is 16.8. The molecule has 1 rings (SSSR count). The lowest BCUT2D eigenvalue weighted by Gasteiger charge is -2.15. The van der Waals surface area contributed by atoms with Gasteiger partial charge in [-0.1, -0.05) is 19.9 Å². The summed E-state index contributed by atoms with van der Waals surface area (Å²) in [4.78, 5) is 11.5. The van der Waals surface area contributed by atoms with Gasteiger partial charge in [-0.3, -0.25) is 4.79 Å². The fourth-order valence-electron chi connectivity index (χ4n) is 1.95. The van der Waals surface area contributed by atoms with Crippen molar-refractivity contribution in [3.8, 4) is 0 Å². The SMILES string of the molecule is CC(C)CCCNCCn1c(C(F)(F)F)cccc1=O. The summed E-state index contributed by atoms with van der Waals surface area (Å²) in [6, 6.07) is 3.21. The van der Waals surface area contributed by atoms with Crippen molar-refractivity contribution in [2.24, 2.45) is 5.92 Å². The molecule has 1 heterocycles. The van der Waals surface area contributed by atoms with Crippen LogP contribution in [0.3, 0.4) is 0 Å². The number of nitrogens with zero attached hydrogens (tertiary/aromatic N) is 1. The molecule has 0 bridgehead atoms. The Balaban J connectivity index is 2.54. The standard InChI is InChI=1S/C14H21F3N2O/c1-11(2)5-4-8-18-9-10-19-12(14(15,16)17)6-3-7-13(19)20/h3,6-7,11,18H,4-5,8-10H2,1-2H3. The topological polar surface area (TPSA) is 34.0 Å². The molecule has 0 aromatic carbocycles. The smallest absolute Gasteiger partial charge is 0.315 e. The maximum absolute atomic E-state index is 12.8. The fraction of sp³-hybridized carbons (Fsp3) is 0.643. The van der Waals surface area contributed by atoms with E-state index in [0.717, 1.165) is 42.2 Å². The number of halogens is 3. The summed E-state index contributed by atoms with van der Waals surface area (Å²) in [6.45, 7) is 5.38. The average molecular weight is 290 g/mol. The Labute approximate surface area is 116 Å². The van der Waals surface area contributed by atoms with Crippen LogP contribution in [0, 0.1) is 5.92 Å². The van der Waals surface area contributed by atoms with E-state index >= 15 is 0 Å². The van der Waals surface area contributed by atoms with Crippen molar-refractivity contribution in [2.75, 3.05) is 13.1 Å². The van der Waals surface area contributed by atoms with Crippen molar-refractivity contribution in [1.82, 2.24) is 9.88 Å². The van der Waals surface area contributed by atoms with E-state index in [1.54, 1.807) is 0 Å². The molecule has 0 amide bonds. The van der Waals surface area contributed by atoms with Crippen LogP contribution in [0.15, 0.2) is 23.0 Å². The zero-order valence-corrected chi connectivity index (χ0v) is 11.8. The van der Waals surface area contributed by atoms with Gasteiger partial charge in [0.25, 0.3) is 5.56 Å². The van der Waals surface area contributed by atoms with Crippen LogP contribution in [0.25, 0.3) is 0 Å². The zero-order valence-electron chi connectivity index (χ0n) is 11.8. The average Bonchev–Trinajstić information content (AvgIpc) is 2.33. The first-order chi connectivity index (χ1) is 9.32. The highest BCUT2D eigenvalue weighted by Crippen LogP contribution is 2.27. The zero-order chi connectivity index (χ0) is 15.2. The maximum atomic E-state index is 12.8. The molecule has 0 aliphatic heterocycles. The Hall–Kier alpha value is -1.30. The highest BCUT2D eigenvalue weighted by molar-refractivity contribution is 5.10. The van der Waals surface area contributed by atoms with Gasteiger partial charge in [0.2, 0.25) is 0 Å². The molecule has 0 atom stereocenters. The number of rotatable bonds is 7. The second-order valence-electron chi connectivity index (χ2n) is 5.18. The summed E-state index contributed by atoms with van der Waals surface area (Å²) in [6.07, 6.45) is -2.45. The van der Waals surface area contributed by atoms with E-state index in [1.165, 1.54) is 0 Å². The van der Waals surface area contributed by atoms with E-state index in [0.29, 0.717) is 12.5 Å². The van der Waals surface area contributed by atoms with Crippen molar-refractivity contribution in [3.63, 3.8) is 0 Å². The maximum Gasteiger partial charge on any atom is 0.431 e.